The van der Waals surface area contributed by atoms with Crippen molar-refractivity contribution in [1.29, 1.82) is 0 Å². The van der Waals surface area contributed by atoms with Crippen LogP contribution in [0.3, 0.4) is 0 Å². The Kier molecular flexibility index (Phi) is 4.43. The van der Waals surface area contributed by atoms with E-state index in [9.17, 15) is 0 Å². The molecule has 0 fully saturated rings. The second-order valence-electron chi connectivity index (χ2n) is 3.19. The Morgan fingerprint density at radius 3 is 2.50 bits per heavy atom. The normalized spacial score (nSPS) is 12.5. The van der Waals surface area contributed by atoms with Gasteiger partial charge in [0.25, 0.3) is 0 Å². The van der Waals surface area contributed by atoms with Gasteiger partial charge in [0.15, 0.2) is 0 Å². The van der Waals surface area contributed by atoms with Crippen molar-refractivity contribution in [3.63, 3.8) is 0 Å². The maximum atomic E-state index is 5.97. The Labute approximate surface area is 85.3 Å². The highest BCUT2D eigenvalue weighted by atomic mass is 16.5. The van der Waals surface area contributed by atoms with Crippen LogP contribution in [0.4, 0.5) is 0 Å². The number of benzene rings is 1. The molecule has 1 aromatic carbocycles. The van der Waals surface area contributed by atoms with Crippen LogP contribution in [0.15, 0.2) is 24.3 Å². The number of hydrogen-bond acceptors (Lipinski definition) is 3. The van der Waals surface area contributed by atoms with Crippen molar-refractivity contribution in [3.05, 3.63) is 29.8 Å². The standard InChI is InChI=1S/C11H18N2O/c1-3-13-8-11(12)9-4-6-10(14-2)7-5-9/h4-7,11,13H,3,8,12H2,1-2H3. The fourth-order valence-corrected chi connectivity index (χ4v) is 1.27. The molecule has 3 heteroatoms. The highest BCUT2D eigenvalue weighted by Gasteiger charge is 2.04. The molecular formula is C11H18N2O. The summed E-state index contributed by atoms with van der Waals surface area (Å²) >= 11 is 0. The molecule has 1 aromatic rings. The van der Waals surface area contributed by atoms with E-state index >= 15 is 0 Å². The van der Waals surface area contributed by atoms with Crippen LogP contribution in [0.25, 0.3) is 0 Å². The Morgan fingerprint density at radius 1 is 1.36 bits per heavy atom. The zero-order valence-electron chi connectivity index (χ0n) is 8.79. The van der Waals surface area contributed by atoms with Gasteiger partial charge in [-0.05, 0) is 24.2 Å². The molecule has 3 N–H and O–H groups in total. The van der Waals surface area contributed by atoms with Gasteiger partial charge in [-0.25, -0.2) is 0 Å². The molecule has 0 aliphatic heterocycles. The Hall–Kier alpha value is -1.06. The maximum absolute atomic E-state index is 5.97. The summed E-state index contributed by atoms with van der Waals surface area (Å²) in [6.45, 7) is 3.83. The number of likely N-dealkylation sites (N-methyl/N-ethyl adjacent to an activating group) is 1. The van der Waals surface area contributed by atoms with Gasteiger partial charge >= 0.3 is 0 Å². The fraction of sp³-hybridized carbons (Fsp3) is 0.455. The van der Waals surface area contributed by atoms with Gasteiger partial charge in [-0.3, -0.25) is 0 Å². The summed E-state index contributed by atoms with van der Waals surface area (Å²) in [4.78, 5) is 0. The molecule has 3 nitrogen and oxygen atoms in total. The minimum atomic E-state index is 0.0563. The number of methoxy groups -OCH3 is 1. The van der Waals surface area contributed by atoms with E-state index in [1.807, 2.05) is 24.3 Å². The third-order valence-electron chi connectivity index (χ3n) is 2.16. The lowest BCUT2D eigenvalue weighted by atomic mass is 10.1. The zero-order chi connectivity index (χ0) is 10.4. The van der Waals surface area contributed by atoms with Gasteiger partial charge in [-0.1, -0.05) is 19.1 Å². The SMILES string of the molecule is CCNCC(N)c1ccc(OC)cc1. The summed E-state index contributed by atoms with van der Waals surface area (Å²) in [5, 5.41) is 3.22. The second kappa shape index (κ2) is 5.62. The molecule has 0 aliphatic rings. The molecule has 78 valence electrons. The van der Waals surface area contributed by atoms with Gasteiger partial charge in [0, 0.05) is 12.6 Å². The molecule has 0 radical (unpaired) electrons. The van der Waals surface area contributed by atoms with Crippen LogP contribution in [0.1, 0.15) is 18.5 Å². The first-order valence-corrected chi connectivity index (χ1v) is 4.88. The van der Waals surface area contributed by atoms with Gasteiger partial charge in [0.05, 0.1) is 7.11 Å². The Morgan fingerprint density at radius 2 is 2.00 bits per heavy atom. The first-order chi connectivity index (χ1) is 6.77. The third kappa shape index (κ3) is 3.01. The zero-order valence-corrected chi connectivity index (χ0v) is 8.79. The minimum Gasteiger partial charge on any atom is -0.497 e. The van der Waals surface area contributed by atoms with E-state index in [4.69, 9.17) is 10.5 Å². The smallest absolute Gasteiger partial charge is 0.118 e. The maximum Gasteiger partial charge on any atom is 0.118 e. The first-order valence-electron chi connectivity index (χ1n) is 4.88. The number of hydrogen-bond donors (Lipinski definition) is 2. The largest absolute Gasteiger partial charge is 0.497 e. The molecule has 0 saturated heterocycles. The van der Waals surface area contributed by atoms with E-state index in [0.717, 1.165) is 24.4 Å². The van der Waals surface area contributed by atoms with Gasteiger partial charge < -0.3 is 15.8 Å². The Balaban J connectivity index is 2.57. The number of nitrogens with two attached hydrogens (primary N) is 1. The van der Waals surface area contributed by atoms with Gasteiger partial charge in [-0.2, -0.15) is 0 Å². The lowest BCUT2D eigenvalue weighted by molar-refractivity contribution is 0.414. The van der Waals surface area contributed by atoms with Gasteiger partial charge in [-0.15, -0.1) is 0 Å². The lowest BCUT2D eigenvalue weighted by Crippen LogP contribution is -2.26. The van der Waals surface area contributed by atoms with Crippen molar-refractivity contribution >= 4 is 0 Å². The second-order valence-corrected chi connectivity index (χ2v) is 3.19. The third-order valence-corrected chi connectivity index (χ3v) is 2.16. The van der Waals surface area contributed by atoms with Crippen LogP contribution >= 0.6 is 0 Å². The molecule has 1 unspecified atom stereocenters. The van der Waals surface area contributed by atoms with E-state index in [1.165, 1.54) is 0 Å². The highest BCUT2D eigenvalue weighted by molar-refractivity contribution is 5.29. The van der Waals surface area contributed by atoms with E-state index in [1.54, 1.807) is 7.11 Å². The summed E-state index contributed by atoms with van der Waals surface area (Å²) in [6.07, 6.45) is 0. The van der Waals surface area contributed by atoms with Gasteiger partial charge in [0.2, 0.25) is 0 Å². The van der Waals surface area contributed by atoms with Crippen LogP contribution in [-0.4, -0.2) is 20.2 Å². The van der Waals surface area contributed by atoms with Crippen molar-refractivity contribution in [1.82, 2.24) is 5.32 Å². The van der Waals surface area contributed by atoms with Crippen molar-refractivity contribution in [2.45, 2.75) is 13.0 Å². The van der Waals surface area contributed by atoms with E-state index < -0.39 is 0 Å². The summed E-state index contributed by atoms with van der Waals surface area (Å²) < 4.78 is 5.07. The quantitative estimate of drug-likeness (QED) is 0.743. The topological polar surface area (TPSA) is 47.3 Å². The predicted octanol–water partition coefficient (Wildman–Crippen LogP) is 1.30. The number of nitrogens with one attached hydrogen (secondary N) is 1. The van der Waals surface area contributed by atoms with Crippen LogP contribution in [0, 0.1) is 0 Å². The molecule has 14 heavy (non-hydrogen) atoms. The van der Waals surface area contributed by atoms with E-state index in [-0.39, 0.29) is 6.04 Å². The minimum absolute atomic E-state index is 0.0563. The molecular weight excluding hydrogens is 176 g/mol. The number of ether oxygens (including phenoxy) is 1. The monoisotopic (exact) mass is 194 g/mol. The van der Waals surface area contributed by atoms with E-state index in [2.05, 4.69) is 12.2 Å². The van der Waals surface area contributed by atoms with Crippen molar-refractivity contribution in [2.75, 3.05) is 20.2 Å². The molecule has 0 aliphatic carbocycles. The fourth-order valence-electron chi connectivity index (χ4n) is 1.27. The molecule has 0 aromatic heterocycles. The average Bonchev–Trinajstić information content (AvgIpc) is 2.26. The van der Waals surface area contributed by atoms with Crippen molar-refractivity contribution < 1.29 is 4.74 Å². The summed E-state index contributed by atoms with van der Waals surface area (Å²) in [5.41, 5.74) is 7.10. The molecule has 0 saturated carbocycles. The molecule has 1 atom stereocenters. The van der Waals surface area contributed by atoms with Crippen LogP contribution < -0.4 is 15.8 Å². The molecule has 0 bridgehead atoms. The molecule has 0 heterocycles. The summed E-state index contributed by atoms with van der Waals surface area (Å²) in [5.74, 6) is 0.865. The molecule has 0 spiro atoms. The van der Waals surface area contributed by atoms with Crippen molar-refractivity contribution in [3.8, 4) is 5.75 Å². The summed E-state index contributed by atoms with van der Waals surface area (Å²) in [7, 11) is 1.66. The van der Waals surface area contributed by atoms with Crippen molar-refractivity contribution in [2.24, 2.45) is 5.73 Å². The van der Waals surface area contributed by atoms with Crippen LogP contribution in [0.5, 0.6) is 5.75 Å². The molecule has 0 amide bonds. The van der Waals surface area contributed by atoms with Crippen LogP contribution in [0.2, 0.25) is 0 Å². The first kappa shape index (κ1) is 11.0. The predicted molar refractivity (Wildman–Crippen MR) is 58.5 cm³/mol. The molecule has 1 rings (SSSR count). The average molecular weight is 194 g/mol. The Bertz CT molecular complexity index is 258. The lowest BCUT2D eigenvalue weighted by Gasteiger charge is -2.12. The van der Waals surface area contributed by atoms with Gasteiger partial charge in [0.1, 0.15) is 5.75 Å². The van der Waals surface area contributed by atoms with Crippen LogP contribution in [-0.2, 0) is 0 Å². The van der Waals surface area contributed by atoms with E-state index in [0.29, 0.717) is 0 Å². The highest BCUT2D eigenvalue weighted by Crippen LogP contribution is 2.15. The summed E-state index contributed by atoms with van der Waals surface area (Å²) in [6, 6.07) is 7.92. The number of rotatable bonds is 5.